The maximum Gasteiger partial charge on any atom is 0.514 e. The predicted molar refractivity (Wildman–Crippen MR) is 78.6 cm³/mol. The first-order valence-electron chi connectivity index (χ1n) is 6.66. The molecule has 4 nitrogen and oxygen atoms in total. The first kappa shape index (κ1) is 14.8. The highest BCUT2D eigenvalue weighted by molar-refractivity contribution is 6.61. The van der Waals surface area contributed by atoms with Crippen molar-refractivity contribution in [2.75, 3.05) is 0 Å². The minimum Gasteiger partial charge on any atom is -0.398 e. The summed E-state index contributed by atoms with van der Waals surface area (Å²) in [5.41, 5.74) is 1.35. The van der Waals surface area contributed by atoms with Crippen LogP contribution in [0.3, 0.4) is 0 Å². The van der Waals surface area contributed by atoms with Crippen molar-refractivity contribution in [3.63, 3.8) is 0 Å². The second kappa shape index (κ2) is 5.04. The van der Waals surface area contributed by atoms with Gasteiger partial charge in [-0.05, 0) is 45.7 Å². The van der Waals surface area contributed by atoms with Crippen LogP contribution in [0.1, 0.15) is 38.8 Å². The third-order valence-corrected chi connectivity index (χ3v) is 3.99. The molecule has 0 aliphatic carbocycles. The van der Waals surface area contributed by atoms with E-state index in [2.05, 4.69) is 17.6 Å². The molecule has 0 saturated carbocycles. The molecule has 2 rings (SSSR count). The van der Waals surface area contributed by atoms with Crippen molar-refractivity contribution in [3.8, 4) is 6.07 Å². The van der Waals surface area contributed by atoms with Crippen LogP contribution in [-0.2, 0) is 15.7 Å². The van der Waals surface area contributed by atoms with Crippen molar-refractivity contribution in [2.24, 2.45) is 0 Å². The van der Waals surface area contributed by atoms with Crippen molar-refractivity contribution in [1.29, 1.82) is 5.26 Å². The zero-order valence-electron chi connectivity index (χ0n) is 12.4. The molecule has 1 aromatic rings. The second-order valence-electron chi connectivity index (χ2n) is 5.96. The fourth-order valence-electron chi connectivity index (χ4n) is 2.03. The summed E-state index contributed by atoms with van der Waals surface area (Å²) in [5, 5.41) is 9.08. The quantitative estimate of drug-likeness (QED) is 0.622. The molecule has 0 aromatic carbocycles. The summed E-state index contributed by atoms with van der Waals surface area (Å²) in [5.74, 6) is 0. The summed E-state index contributed by atoms with van der Waals surface area (Å²) in [7, 11) is -0.503. The SMILES string of the molecule is C=CCc1cc(B2OC(C)(C)C(C)(C)O2)ncc1C#N. The lowest BCUT2D eigenvalue weighted by molar-refractivity contribution is 0.00578. The fraction of sp³-hybridized carbons (Fsp3) is 0.467. The average molecular weight is 270 g/mol. The Morgan fingerprint density at radius 2 is 1.95 bits per heavy atom. The van der Waals surface area contributed by atoms with Gasteiger partial charge >= 0.3 is 7.12 Å². The van der Waals surface area contributed by atoms with Crippen LogP contribution in [0.5, 0.6) is 0 Å². The number of allylic oxidation sites excluding steroid dienone is 1. The van der Waals surface area contributed by atoms with E-state index in [0.717, 1.165) is 5.56 Å². The molecular weight excluding hydrogens is 251 g/mol. The van der Waals surface area contributed by atoms with Gasteiger partial charge in [0.15, 0.2) is 0 Å². The molecule has 2 heterocycles. The zero-order chi connectivity index (χ0) is 15.0. The summed E-state index contributed by atoms with van der Waals surface area (Å²) in [6, 6.07) is 4.00. The van der Waals surface area contributed by atoms with E-state index < -0.39 is 18.3 Å². The van der Waals surface area contributed by atoms with Crippen LogP contribution in [0.15, 0.2) is 24.9 Å². The molecule has 1 aliphatic rings. The van der Waals surface area contributed by atoms with Crippen molar-refractivity contribution >= 4 is 12.7 Å². The molecule has 1 aromatic heterocycles. The summed E-state index contributed by atoms with van der Waals surface area (Å²) >= 11 is 0. The average Bonchev–Trinajstić information content (AvgIpc) is 2.59. The third-order valence-electron chi connectivity index (χ3n) is 3.99. The van der Waals surface area contributed by atoms with Crippen LogP contribution in [0, 0.1) is 11.3 Å². The van der Waals surface area contributed by atoms with E-state index in [1.165, 1.54) is 0 Å². The van der Waals surface area contributed by atoms with E-state index >= 15 is 0 Å². The van der Waals surface area contributed by atoms with Gasteiger partial charge in [0.25, 0.3) is 0 Å². The maximum absolute atomic E-state index is 9.08. The number of rotatable bonds is 3. The van der Waals surface area contributed by atoms with Crippen LogP contribution in [0.2, 0.25) is 0 Å². The Morgan fingerprint density at radius 1 is 1.35 bits per heavy atom. The van der Waals surface area contributed by atoms with Gasteiger partial charge in [-0.15, -0.1) is 6.58 Å². The van der Waals surface area contributed by atoms with Gasteiger partial charge in [0, 0.05) is 6.20 Å². The summed E-state index contributed by atoms with van der Waals surface area (Å²) in [6.07, 6.45) is 3.96. The van der Waals surface area contributed by atoms with E-state index in [-0.39, 0.29) is 0 Å². The smallest absolute Gasteiger partial charge is 0.398 e. The van der Waals surface area contributed by atoms with E-state index in [1.54, 1.807) is 12.3 Å². The minimum atomic E-state index is -0.503. The molecule has 1 saturated heterocycles. The molecule has 0 unspecified atom stereocenters. The van der Waals surface area contributed by atoms with Crippen molar-refractivity contribution in [1.82, 2.24) is 4.98 Å². The number of nitrogens with zero attached hydrogens (tertiary/aromatic N) is 2. The molecular formula is C15H19BN2O2. The monoisotopic (exact) mass is 270 g/mol. The Bertz CT molecular complexity index is 560. The molecule has 0 bridgehead atoms. The molecule has 0 amide bonds. The van der Waals surface area contributed by atoms with Gasteiger partial charge in [0.1, 0.15) is 6.07 Å². The van der Waals surface area contributed by atoms with E-state index in [0.29, 0.717) is 17.6 Å². The Labute approximate surface area is 120 Å². The number of hydrogen-bond donors (Lipinski definition) is 0. The number of hydrogen-bond acceptors (Lipinski definition) is 4. The topological polar surface area (TPSA) is 55.1 Å². The molecule has 20 heavy (non-hydrogen) atoms. The van der Waals surface area contributed by atoms with Crippen LogP contribution >= 0.6 is 0 Å². The highest BCUT2D eigenvalue weighted by Gasteiger charge is 2.52. The lowest BCUT2D eigenvalue weighted by Crippen LogP contribution is -2.41. The molecule has 0 radical (unpaired) electrons. The predicted octanol–water partition coefficient (Wildman–Crippen LogP) is 1.98. The minimum absolute atomic E-state index is 0.397. The van der Waals surface area contributed by atoms with Gasteiger partial charge in [0.2, 0.25) is 0 Å². The summed E-state index contributed by atoms with van der Waals surface area (Å²) in [4.78, 5) is 4.30. The molecule has 0 atom stereocenters. The van der Waals surface area contributed by atoms with Crippen molar-refractivity contribution in [3.05, 3.63) is 36.0 Å². The lowest BCUT2D eigenvalue weighted by Gasteiger charge is -2.32. The highest BCUT2D eigenvalue weighted by Crippen LogP contribution is 2.36. The van der Waals surface area contributed by atoms with Crippen LogP contribution in [0.25, 0.3) is 0 Å². The first-order valence-corrected chi connectivity index (χ1v) is 6.66. The fourth-order valence-corrected chi connectivity index (χ4v) is 2.03. The zero-order valence-corrected chi connectivity index (χ0v) is 12.4. The first-order chi connectivity index (χ1) is 9.30. The highest BCUT2D eigenvalue weighted by atomic mass is 16.7. The Morgan fingerprint density at radius 3 is 2.45 bits per heavy atom. The van der Waals surface area contributed by atoms with Crippen LogP contribution in [0.4, 0.5) is 0 Å². The van der Waals surface area contributed by atoms with E-state index in [4.69, 9.17) is 14.6 Å². The van der Waals surface area contributed by atoms with Gasteiger partial charge in [-0.25, -0.2) is 0 Å². The maximum atomic E-state index is 9.08. The van der Waals surface area contributed by atoms with E-state index in [1.807, 2.05) is 33.8 Å². The summed E-state index contributed by atoms with van der Waals surface area (Å²) < 4.78 is 11.9. The van der Waals surface area contributed by atoms with Crippen LogP contribution < -0.4 is 5.59 Å². The second-order valence-corrected chi connectivity index (χ2v) is 5.96. The Kier molecular flexibility index (Phi) is 3.72. The van der Waals surface area contributed by atoms with Crippen LogP contribution in [-0.4, -0.2) is 23.3 Å². The number of nitriles is 1. The van der Waals surface area contributed by atoms with Gasteiger partial charge in [-0.3, -0.25) is 4.98 Å². The summed E-state index contributed by atoms with van der Waals surface area (Å²) in [6.45, 7) is 11.7. The van der Waals surface area contributed by atoms with Gasteiger partial charge < -0.3 is 9.31 Å². The van der Waals surface area contributed by atoms with Gasteiger partial charge in [0.05, 0.1) is 22.4 Å². The molecule has 0 spiro atoms. The third kappa shape index (κ3) is 2.49. The molecule has 0 N–H and O–H groups in total. The van der Waals surface area contributed by atoms with Gasteiger partial charge in [-0.1, -0.05) is 6.08 Å². The van der Waals surface area contributed by atoms with E-state index in [9.17, 15) is 0 Å². The molecule has 104 valence electrons. The standard InChI is InChI=1S/C15H19BN2O2/c1-6-7-11-8-13(18-10-12(11)9-17)16-19-14(2,3)15(4,5)20-16/h6,8,10H,1,7H2,2-5H3. The van der Waals surface area contributed by atoms with Crippen molar-refractivity contribution < 1.29 is 9.31 Å². The lowest BCUT2D eigenvalue weighted by atomic mass is 9.82. The largest absolute Gasteiger partial charge is 0.514 e. The van der Waals surface area contributed by atoms with Gasteiger partial charge in [-0.2, -0.15) is 5.26 Å². The van der Waals surface area contributed by atoms with Crippen molar-refractivity contribution in [2.45, 2.75) is 45.3 Å². The molecule has 1 aliphatic heterocycles. The Balaban J connectivity index is 2.34. The molecule has 5 heteroatoms. The Hall–Kier alpha value is -1.64. The normalized spacial score (nSPS) is 19.6. The number of aromatic nitrogens is 1. The number of pyridine rings is 1. The molecule has 1 fully saturated rings.